The number of hydrogen-bond donors (Lipinski definition) is 0. The van der Waals surface area contributed by atoms with Crippen molar-refractivity contribution in [2.75, 3.05) is 6.61 Å². The maximum atomic E-state index is 12.4. The van der Waals surface area contributed by atoms with Crippen LogP contribution in [0.25, 0.3) is 0 Å². The average Bonchev–Trinajstić information content (AvgIpc) is 2.45. The van der Waals surface area contributed by atoms with E-state index in [1.54, 1.807) is 19.9 Å². The van der Waals surface area contributed by atoms with Gasteiger partial charge in [-0.25, -0.2) is 4.68 Å². The first-order valence-electron chi connectivity index (χ1n) is 6.87. The van der Waals surface area contributed by atoms with E-state index in [2.05, 4.69) is 5.10 Å². The molecule has 2 aromatic rings. The third-order valence-corrected chi connectivity index (χ3v) is 2.99. The second-order valence-electron chi connectivity index (χ2n) is 4.74. The summed E-state index contributed by atoms with van der Waals surface area (Å²) in [5.74, 6) is -0.455. The topological polar surface area (TPSA) is 61.2 Å². The summed E-state index contributed by atoms with van der Waals surface area (Å²) in [6, 6.07) is 11.5. The van der Waals surface area contributed by atoms with Gasteiger partial charge in [-0.1, -0.05) is 30.3 Å². The zero-order chi connectivity index (χ0) is 15.2. The van der Waals surface area contributed by atoms with Crippen LogP contribution >= 0.6 is 0 Å². The lowest BCUT2D eigenvalue weighted by Gasteiger charge is -2.08. The zero-order valence-electron chi connectivity index (χ0n) is 12.2. The van der Waals surface area contributed by atoms with Crippen molar-refractivity contribution in [3.63, 3.8) is 0 Å². The van der Waals surface area contributed by atoms with E-state index < -0.39 is 5.97 Å². The summed E-state index contributed by atoms with van der Waals surface area (Å²) >= 11 is 0. The van der Waals surface area contributed by atoms with E-state index in [-0.39, 0.29) is 18.7 Å². The summed E-state index contributed by atoms with van der Waals surface area (Å²) < 4.78 is 6.03. The summed E-state index contributed by atoms with van der Waals surface area (Å²) in [6.07, 6.45) is 0.520. The monoisotopic (exact) mass is 286 g/mol. The van der Waals surface area contributed by atoms with E-state index in [9.17, 15) is 9.59 Å². The Labute approximate surface area is 123 Å². The van der Waals surface area contributed by atoms with E-state index in [1.165, 1.54) is 4.68 Å². The van der Waals surface area contributed by atoms with Gasteiger partial charge in [0.1, 0.15) is 6.54 Å². The van der Waals surface area contributed by atoms with E-state index >= 15 is 0 Å². The highest BCUT2D eigenvalue weighted by atomic mass is 16.5. The lowest BCUT2D eigenvalue weighted by Crippen LogP contribution is -2.30. The van der Waals surface area contributed by atoms with Crippen molar-refractivity contribution in [3.05, 3.63) is 63.6 Å². The first-order chi connectivity index (χ1) is 10.1. The van der Waals surface area contributed by atoms with Gasteiger partial charge in [-0.3, -0.25) is 9.59 Å². The molecule has 0 radical (unpaired) electrons. The molecule has 0 aliphatic heterocycles. The highest BCUT2D eigenvalue weighted by Crippen LogP contribution is 2.06. The summed E-state index contributed by atoms with van der Waals surface area (Å²) in [6.45, 7) is 3.66. The van der Waals surface area contributed by atoms with Gasteiger partial charge in [0.2, 0.25) is 0 Å². The van der Waals surface area contributed by atoms with Gasteiger partial charge in [-0.2, -0.15) is 5.10 Å². The lowest BCUT2D eigenvalue weighted by atomic mass is 10.1. The van der Waals surface area contributed by atoms with Crippen molar-refractivity contribution in [2.45, 2.75) is 26.8 Å². The van der Waals surface area contributed by atoms with Crippen LogP contribution in [0.4, 0.5) is 0 Å². The smallest absolute Gasteiger partial charge is 0.327 e. The predicted molar refractivity (Wildman–Crippen MR) is 79.1 cm³/mol. The molecule has 21 heavy (non-hydrogen) atoms. The second-order valence-corrected chi connectivity index (χ2v) is 4.74. The molecular weight excluding hydrogens is 268 g/mol. The molecule has 0 saturated carbocycles. The summed E-state index contributed by atoms with van der Waals surface area (Å²) in [5.41, 5.74) is 2.11. The minimum Gasteiger partial charge on any atom is -0.465 e. The highest BCUT2D eigenvalue weighted by molar-refractivity contribution is 5.68. The van der Waals surface area contributed by atoms with Crippen molar-refractivity contribution < 1.29 is 9.53 Å². The fraction of sp³-hybridized carbons (Fsp3) is 0.312. The van der Waals surface area contributed by atoms with Crippen LogP contribution < -0.4 is 5.56 Å². The van der Waals surface area contributed by atoms with Crippen LogP contribution in [0.5, 0.6) is 0 Å². The Morgan fingerprint density at radius 1 is 1.29 bits per heavy atom. The van der Waals surface area contributed by atoms with Gasteiger partial charge < -0.3 is 4.74 Å². The number of aromatic nitrogens is 2. The van der Waals surface area contributed by atoms with Gasteiger partial charge >= 0.3 is 5.97 Å². The van der Waals surface area contributed by atoms with Gasteiger partial charge in [0.25, 0.3) is 5.56 Å². The van der Waals surface area contributed by atoms with Gasteiger partial charge in [-0.05, 0) is 25.5 Å². The Morgan fingerprint density at radius 3 is 2.67 bits per heavy atom. The van der Waals surface area contributed by atoms with Crippen LogP contribution in [-0.4, -0.2) is 22.4 Å². The lowest BCUT2D eigenvalue weighted by molar-refractivity contribution is -0.144. The second kappa shape index (κ2) is 6.83. The van der Waals surface area contributed by atoms with Crippen LogP contribution in [0, 0.1) is 6.92 Å². The molecule has 5 heteroatoms. The minimum atomic E-state index is -0.455. The molecule has 0 bridgehead atoms. The Morgan fingerprint density at radius 2 is 2.00 bits per heavy atom. The molecule has 0 aliphatic carbocycles. The quantitative estimate of drug-likeness (QED) is 0.785. The van der Waals surface area contributed by atoms with Crippen LogP contribution in [0.2, 0.25) is 0 Å². The Balaban J connectivity index is 2.28. The van der Waals surface area contributed by atoms with Gasteiger partial charge in [0.05, 0.1) is 12.3 Å². The Hall–Kier alpha value is -2.43. The third kappa shape index (κ3) is 4.02. The predicted octanol–water partition coefficient (Wildman–Crippen LogP) is 1.71. The number of ether oxygens (including phenoxy) is 1. The normalized spacial score (nSPS) is 10.4. The Kier molecular flexibility index (Phi) is 4.87. The van der Waals surface area contributed by atoms with Gasteiger partial charge in [-0.15, -0.1) is 0 Å². The maximum absolute atomic E-state index is 12.4. The summed E-state index contributed by atoms with van der Waals surface area (Å²) in [7, 11) is 0. The summed E-state index contributed by atoms with van der Waals surface area (Å²) in [5, 5.41) is 4.10. The molecule has 0 saturated heterocycles. The molecule has 1 aromatic heterocycles. The number of carbonyl (C=O) groups is 1. The summed E-state index contributed by atoms with van der Waals surface area (Å²) in [4.78, 5) is 23.9. The molecule has 1 aromatic carbocycles. The standard InChI is InChI=1S/C16H18N2O3/c1-3-21-15(19)11-18-16(20)14(9-12(2)17-18)10-13-7-5-4-6-8-13/h4-9H,3,10-11H2,1-2H3. The Bertz CT molecular complexity index is 678. The molecule has 0 aliphatic rings. The molecule has 2 rings (SSSR count). The van der Waals surface area contributed by atoms with E-state index in [4.69, 9.17) is 4.74 Å². The fourth-order valence-corrected chi connectivity index (χ4v) is 2.12. The molecule has 1 heterocycles. The molecule has 0 unspecified atom stereocenters. The van der Waals surface area contributed by atoms with Crippen LogP contribution in [0.15, 0.2) is 41.2 Å². The molecular formula is C16H18N2O3. The van der Waals surface area contributed by atoms with Crippen molar-refractivity contribution in [1.82, 2.24) is 9.78 Å². The van der Waals surface area contributed by atoms with E-state index in [0.29, 0.717) is 17.7 Å². The fourth-order valence-electron chi connectivity index (χ4n) is 2.12. The van der Waals surface area contributed by atoms with Crippen LogP contribution in [0.3, 0.4) is 0 Å². The maximum Gasteiger partial charge on any atom is 0.327 e. The van der Waals surface area contributed by atoms with E-state index in [1.807, 2.05) is 30.3 Å². The number of hydrogen-bond acceptors (Lipinski definition) is 4. The molecule has 110 valence electrons. The van der Waals surface area contributed by atoms with Crippen molar-refractivity contribution in [2.24, 2.45) is 0 Å². The first-order valence-corrected chi connectivity index (χ1v) is 6.87. The highest BCUT2D eigenvalue weighted by Gasteiger charge is 2.11. The third-order valence-electron chi connectivity index (χ3n) is 2.99. The van der Waals surface area contributed by atoms with Crippen LogP contribution in [-0.2, 0) is 22.5 Å². The number of rotatable bonds is 5. The molecule has 5 nitrogen and oxygen atoms in total. The zero-order valence-corrected chi connectivity index (χ0v) is 12.2. The number of aryl methyl sites for hydroxylation is 1. The number of esters is 1. The largest absolute Gasteiger partial charge is 0.465 e. The average molecular weight is 286 g/mol. The minimum absolute atomic E-state index is 0.157. The molecule has 0 N–H and O–H groups in total. The van der Waals surface area contributed by atoms with Crippen molar-refractivity contribution in [1.29, 1.82) is 0 Å². The number of carbonyl (C=O) groups excluding carboxylic acids is 1. The van der Waals surface area contributed by atoms with Gasteiger partial charge in [0.15, 0.2) is 0 Å². The first kappa shape index (κ1) is 15.0. The SMILES string of the molecule is CCOC(=O)Cn1nc(C)cc(Cc2ccccc2)c1=O. The molecule has 0 fully saturated rings. The van der Waals surface area contributed by atoms with Crippen molar-refractivity contribution in [3.8, 4) is 0 Å². The molecule has 0 amide bonds. The van der Waals surface area contributed by atoms with Crippen LogP contribution in [0.1, 0.15) is 23.7 Å². The van der Waals surface area contributed by atoms with E-state index in [0.717, 1.165) is 5.56 Å². The number of benzene rings is 1. The molecule has 0 atom stereocenters. The van der Waals surface area contributed by atoms with Gasteiger partial charge in [0, 0.05) is 12.0 Å². The number of nitrogens with zero attached hydrogens (tertiary/aromatic N) is 2. The molecule has 0 spiro atoms. The van der Waals surface area contributed by atoms with Crippen molar-refractivity contribution >= 4 is 5.97 Å².